The molecule has 6 nitrogen and oxygen atoms in total. The lowest BCUT2D eigenvalue weighted by Crippen LogP contribution is -2.50. The van der Waals surface area contributed by atoms with Crippen LogP contribution in [0.1, 0.15) is 19.3 Å². The molecule has 3 N–H and O–H groups in total. The molecule has 1 aliphatic heterocycles. The first-order valence-corrected chi connectivity index (χ1v) is 7.65. The lowest BCUT2D eigenvalue weighted by Gasteiger charge is -2.33. The standard InChI is InChI=1S/C12H16FN3O3S/c13-9-4-6-10(7-5-9)20(18,19)16-8-2-1-3-11(16)12(14)15-17/h4-7,11,17H,1-3,8H2,(H2,14,15). The Morgan fingerprint density at radius 3 is 2.60 bits per heavy atom. The number of nitrogens with two attached hydrogens (primary N) is 1. The molecule has 110 valence electrons. The van der Waals surface area contributed by atoms with Gasteiger partial charge in [-0.15, -0.1) is 0 Å². The van der Waals surface area contributed by atoms with Crippen molar-refractivity contribution in [1.82, 2.24) is 4.31 Å². The molecule has 1 saturated heterocycles. The van der Waals surface area contributed by atoms with Crippen LogP contribution in [0.5, 0.6) is 0 Å². The Morgan fingerprint density at radius 1 is 1.35 bits per heavy atom. The van der Waals surface area contributed by atoms with Crippen molar-refractivity contribution in [2.24, 2.45) is 10.9 Å². The highest BCUT2D eigenvalue weighted by atomic mass is 32.2. The minimum absolute atomic E-state index is 0.00320. The molecule has 2 rings (SSSR count). The van der Waals surface area contributed by atoms with Crippen LogP contribution in [0.25, 0.3) is 0 Å². The zero-order valence-corrected chi connectivity index (χ0v) is 11.6. The van der Waals surface area contributed by atoms with E-state index in [4.69, 9.17) is 10.9 Å². The monoisotopic (exact) mass is 301 g/mol. The first-order valence-electron chi connectivity index (χ1n) is 6.21. The third-order valence-corrected chi connectivity index (χ3v) is 5.25. The molecule has 8 heteroatoms. The van der Waals surface area contributed by atoms with Crippen LogP contribution >= 0.6 is 0 Å². The van der Waals surface area contributed by atoms with Gasteiger partial charge in [0, 0.05) is 6.54 Å². The molecule has 0 spiro atoms. The van der Waals surface area contributed by atoms with Crippen molar-refractivity contribution < 1.29 is 18.0 Å². The summed E-state index contributed by atoms with van der Waals surface area (Å²) in [7, 11) is -3.79. The average Bonchev–Trinajstić information content (AvgIpc) is 2.47. The summed E-state index contributed by atoms with van der Waals surface area (Å²) in [5, 5.41) is 11.7. The van der Waals surface area contributed by atoms with Crippen molar-refractivity contribution in [2.45, 2.75) is 30.2 Å². The predicted molar refractivity (Wildman–Crippen MR) is 71.3 cm³/mol. The minimum atomic E-state index is -3.79. The van der Waals surface area contributed by atoms with E-state index in [1.165, 1.54) is 16.4 Å². The van der Waals surface area contributed by atoms with Crippen molar-refractivity contribution in [3.05, 3.63) is 30.1 Å². The zero-order chi connectivity index (χ0) is 14.8. The number of piperidine rings is 1. The van der Waals surface area contributed by atoms with Gasteiger partial charge in [0.25, 0.3) is 0 Å². The summed E-state index contributed by atoms with van der Waals surface area (Å²) < 4.78 is 39.2. The van der Waals surface area contributed by atoms with Crippen LogP contribution in [-0.2, 0) is 10.0 Å². The van der Waals surface area contributed by atoms with Crippen LogP contribution in [0.15, 0.2) is 34.3 Å². The van der Waals surface area contributed by atoms with Crippen LogP contribution < -0.4 is 5.73 Å². The maximum Gasteiger partial charge on any atom is 0.243 e. The lowest BCUT2D eigenvalue weighted by atomic mass is 10.0. The molecule has 0 aromatic heterocycles. The molecule has 1 aromatic rings. The van der Waals surface area contributed by atoms with Crippen molar-refractivity contribution in [3.8, 4) is 0 Å². The van der Waals surface area contributed by atoms with E-state index in [0.29, 0.717) is 19.4 Å². The number of rotatable bonds is 3. The number of nitrogens with zero attached hydrogens (tertiary/aromatic N) is 2. The first-order chi connectivity index (χ1) is 9.46. The highest BCUT2D eigenvalue weighted by Crippen LogP contribution is 2.25. The number of sulfonamides is 1. The molecule has 0 amide bonds. The summed E-state index contributed by atoms with van der Waals surface area (Å²) in [6.45, 7) is 0.292. The minimum Gasteiger partial charge on any atom is -0.409 e. The maximum atomic E-state index is 12.9. The normalized spacial score (nSPS) is 21.9. The van der Waals surface area contributed by atoms with Gasteiger partial charge in [0.1, 0.15) is 5.82 Å². The van der Waals surface area contributed by atoms with Crippen LogP contribution in [0.2, 0.25) is 0 Å². The smallest absolute Gasteiger partial charge is 0.243 e. The van der Waals surface area contributed by atoms with E-state index < -0.39 is 21.9 Å². The van der Waals surface area contributed by atoms with Gasteiger partial charge in [0.05, 0.1) is 10.9 Å². The van der Waals surface area contributed by atoms with Gasteiger partial charge in [-0.2, -0.15) is 4.31 Å². The van der Waals surface area contributed by atoms with Crippen LogP contribution in [-0.4, -0.2) is 36.4 Å². The average molecular weight is 301 g/mol. The van der Waals surface area contributed by atoms with Gasteiger partial charge < -0.3 is 10.9 Å². The van der Waals surface area contributed by atoms with E-state index in [1.54, 1.807) is 0 Å². The SMILES string of the molecule is NC(=NO)C1CCCCN1S(=O)(=O)c1ccc(F)cc1. The van der Waals surface area contributed by atoms with E-state index in [-0.39, 0.29) is 10.7 Å². The third kappa shape index (κ3) is 2.75. The number of oxime groups is 1. The fourth-order valence-corrected chi connectivity index (χ4v) is 3.97. The van der Waals surface area contributed by atoms with Gasteiger partial charge in [-0.25, -0.2) is 12.8 Å². The summed E-state index contributed by atoms with van der Waals surface area (Å²) >= 11 is 0. The van der Waals surface area contributed by atoms with E-state index in [0.717, 1.165) is 18.6 Å². The summed E-state index contributed by atoms with van der Waals surface area (Å²) in [5.74, 6) is -0.633. The largest absolute Gasteiger partial charge is 0.409 e. The molecule has 0 bridgehead atoms. The van der Waals surface area contributed by atoms with Crippen LogP contribution in [0, 0.1) is 5.82 Å². The first kappa shape index (κ1) is 14.7. The number of hydrogen-bond acceptors (Lipinski definition) is 4. The number of halogens is 1. The molecule has 1 aliphatic rings. The van der Waals surface area contributed by atoms with Crippen LogP contribution in [0.4, 0.5) is 4.39 Å². The highest BCUT2D eigenvalue weighted by molar-refractivity contribution is 7.89. The second kappa shape index (κ2) is 5.76. The lowest BCUT2D eigenvalue weighted by molar-refractivity contribution is 0.281. The Kier molecular flexibility index (Phi) is 4.24. The number of amidine groups is 1. The van der Waals surface area contributed by atoms with Crippen molar-refractivity contribution in [3.63, 3.8) is 0 Å². The van der Waals surface area contributed by atoms with Crippen molar-refractivity contribution in [1.29, 1.82) is 0 Å². The molecule has 1 heterocycles. The Labute approximate surface area is 116 Å². The van der Waals surface area contributed by atoms with Gasteiger partial charge in [-0.1, -0.05) is 11.6 Å². The Balaban J connectivity index is 2.38. The Hall–Kier alpha value is -1.67. The van der Waals surface area contributed by atoms with Crippen molar-refractivity contribution in [2.75, 3.05) is 6.54 Å². The summed E-state index contributed by atoms with van der Waals surface area (Å²) in [4.78, 5) is -0.00320. The molecule has 0 saturated carbocycles. The third-order valence-electron chi connectivity index (χ3n) is 3.33. The van der Waals surface area contributed by atoms with Gasteiger partial charge in [-0.05, 0) is 37.1 Å². The fraction of sp³-hybridized carbons (Fsp3) is 0.417. The van der Waals surface area contributed by atoms with Gasteiger partial charge in [-0.3, -0.25) is 0 Å². The highest BCUT2D eigenvalue weighted by Gasteiger charge is 2.35. The van der Waals surface area contributed by atoms with E-state index >= 15 is 0 Å². The molecular formula is C12H16FN3O3S. The number of benzene rings is 1. The van der Waals surface area contributed by atoms with E-state index in [2.05, 4.69) is 5.16 Å². The van der Waals surface area contributed by atoms with E-state index in [1.807, 2.05) is 0 Å². The van der Waals surface area contributed by atoms with E-state index in [9.17, 15) is 12.8 Å². The molecule has 20 heavy (non-hydrogen) atoms. The molecular weight excluding hydrogens is 285 g/mol. The molecule has 0 radical (unpaired) electrons. The second-order valence-corrected chi connectivity index (χ2v) is 6.50. The Morgan fingerprint density at radius 2 is 2.00 bits per heavy atom. The maximum absolute atomic E-state index is 12.9. The predicted octanol–water partition coefficient (Wildman–Crippen LogP) is 1.12. The quantitative estimate of drug-likeness (QED) is 0.378. The second-order valence-electron chi connectivity index (χ2n) is 4.61. The molecule has 1 fully saturated rings. The summed E-state index contributed by atoms with van der Waals surface area (Å²) in [6.07, 6.45) is 2.00. The summed E-state index contributed by atoms with van der Waals surface area (Å²) in [6, 6.07) is 3.94. The van der Waals surface area contributed by atoms with Crippen molar-refractivity contribution >= 4 is 15.9 Å². The van der Waals surface area contributed by atoms with Gasteiger partial charge in [0.15, 0.2) is 5.84 Å². The fourth-order valence-electron chi connectivity index (χ4n) is 2.30. The molecule has 1 unspecified atom stereocenters. The van der Waals surface area contributed by atoms with Crippen LogP contribution in [0.3, 0.4) is 0 Å². The Bertz CT molecular complexity index is 601. The summed E-state index contributed by atoms with van der Waals surface area (Å²) in [5.41, 5.74) is 5.57. The van der Waals surface area contributed by atoms with Gasteiger partial charge in [0.2, 0.25) is 10.0 Å². The van der Waals surface area contributed by atoms with Gasteiger partial charge >= 0.3 is 0 Å². The topological polar surface area (TPSA) is 96.0 Å². The number of hydrogen-bond donors (Lipinski definition) is 2. The molecule has 1 aromatic carbocycles. The molecule has 0 aliphatic carbocycles. The molecule has 1 atom stereocenters. The zero-order valence-electron chi connectivity index (χ0n) is 10.7.